The minimum absolute atomic E-state index is 0.0328. The first-order valence-corrected chi connectivity index (χ1v) is 6.95. The summed E-state index contributed by atoms with van der Waals surface area (Å²) in [5.74, 6) is -0.405. The van der Waals surface area contributed by atoms with E-state index in [0.717, 1.165) is 12.1 Å². The van der Waals surface area contributed by atoms with Crippen LogP contribution in [0.3, 0.4) is 0 Å². The van der Waals surface area contributed by atoms with Crippen LogP contribution in [-0.4, -0.2) is 9.13 Å². The largest absolute Gasteiger partial charge is 0.399 e. The third-order valence-electron chi connectivity index (χ3n) is 2.60. The molecule has 0 heterocycles. The molecule has 20 heavy (non-hydrogen) atoms. The van der Waals surface area contributed by atoms with Crippen LogP contribution in [-0.2, 0) is 16.6 Å². The Morgan fingerprint density at radius 2 is 1.85 bits per heavy atom. The highest BCUT2D eigenvalue weighted by Gasteiger charge is 2.09. The second-order valence-electron chi connectivity index (χ2n) is 4.13. The van der Waals surface area contributed by atoms with E-state index in [2.05, 4.69) is 0 Å². The molecule has 0 bridgehead atoms. The van der Waals surface area contributed by atoms with Crippen molar-refractivity contribution in [1.82, 2.24) is 0 Å². The number of halogens is 1. The average molecular weight is 294 g/mol. The topological polar surface area (TPSA) is 86.2 Å². The summed E-state index contributed by atoms with van der Waals surface area (Å²) in [6.45, 7) is 0. The Bertz CT molecular complexity index is 654. The number of hydrogen-bond acceptors (Lipinski definition) is 4. The molecule has 2 rings (SSSR count). The van der Waals surface area contributed by atoms with Crippen molar-refractivity contribution < 1.29 is 13.5 Å². The summed E-state index contributed by atoms with van der Waals surface area (Å²) >= 11 is 0. The van der Waals surface area contributed by atoms with Crippen LogP contribution in [0.5, 0.6) is 0 Å². The minimum atomic E-state index is -1.46. The van der Waals surface area contributed by atoms with Crippen molar-refractivity contribution >= 4 is 22.2 Å². The maximum Gasteiger partial charge on any atom is 0.269 e. The average Bonchev–Trinajstić information content (AvgIpc) is 2.38. The van der Waals surface area contributed by atoms with Gasteiger partial charge in [0.2, 0.25) is 0 Å². The summed E-state index contributed by atoms with van der Waals surface area (Å²) in [5.41, 5.74) is 6.33. The number of nitrogens with zero attached hydrogens (tertiary/aromatic N) is 1. The third kappa shape index (κ3) is 3.39. The molecule has 2 aromatic rings. The van der Waals surface area contributed by atoms with E-state index < -0.39 is 21.5 Å². The summed E-state index contributed by atoms with van der Waals surface area (Å²) in [6, 6.07) is 9.49. The van der Waals surface area contributed by atoms with Crippen molar-refractivity contribution in [3.63, 3.8) is 0 Å². The first-order valence-electron chi connectivity index (χ1n) is 5.63. The van der Waals surface area contributed by atoms with Gasteiger partial charge in [0.1, 0.15) is 5.82 Å². The van der Waals surface area contributed by atoms with E-state index in [4.69, 9.17) is 5.73 Å². The van der Waals surface area contributed by atoms with Gasteiger partial charge in [0.25, 0.3) is 5.69 Å². The van der Waals surface area contributed by atoms with Crippen LogP contribution in [0, 0.1) is 15.9 Å². The lowest BCUT2D eigenvalue weighted by molar-refractivity contribution is -0.384. The lowest BCUT2D eigenvalue weighted by atomic mass is 10.2. The van der Waals surface area contributed by atoms with E-state index in [0.29, 0.717) is 10.5 Å². The van der Waals surface area contributed by atoms with Gasteiger partial charge < -0.3 is 5.73 Å². The fourth-order valence-electron chi connectivity index (χ4n) is 1.66. The second kappa shape index (κ2) is 5.79. The number of anilines is 1. The molecular formula is C13H11FN2O3S. The number of non-ortho nitro benzene ring substituents is 1. The maximum absolute atomic E-state index is 13.2. The normalized spacial score (nSPS) is 12.1. The lowest BCUT2D eigenvalue weighted by Gasteiger charge is -2.04. The fourth-order valence-corrected chi connectivity index (χ4v) is 2.84. The Labute approximate surface area is 116 Å². The Kier molecular flexibility index (Phi) is 4.09. The summed E-state index contributed by atoms with van der Waals surface area (Å²) in [4.78, 5) is 10.3. The van der Waals surface area contributed by atoms with E-state index >= 15 is 0 Å². The van der Waals surface area contributed by atoms with Crippen molar-refractivity contribution in [3.05, 3.63) is 64.0 Å². The number of nitrogen functional groups attached to an aromatic ring is 1. The van der Waals surface area contributed by atoms with Crippen LogP contribution in [0.1, 0.15) is 5.56 Å². The van der Waals surface area contributed by atoms with E-state index in [1.807, 2.05) is 0 Å². The molecule has 0 aliphatic heterocycles. The van der Waals surface area contributed by atoms with Crippen LogP contribution in [0.2, 0.25) is 0 Å². The summed E-state index contributed by atoms with van der Waals surface area (Å²) in [6.07, 6.45) is 0. The van der Waals surface area contributed by atoms with Gasteiger partial charge in [-0.3, -0.25) is 14.3 Å². The van der Waals surface area contributed by atoms with Gasteiger partial charge >= 0.3 is 0 Å². The van der Waals surface area contributed by atoms with Gasteiger partial charge in [-0.05, 0) is 23.8 Å². The van der Waals surface area contributed by atoms with Gasteiger partial charge in [-0.15, -0.1) is 0 Å². The maximum atomic E-state index is 13.2. The molecule has 0 fully saturated rings. The van der Waals surface area contributed by atoms with Gasteiger partial charge in [-0.25, -0.2) is 4.39 Å². The third-order valence-corrected chi connectivity index (χ3v) is 3.96. The molecule has 5 nitrogen and oxygen atoms in total. The van der Waals surface area contributed by atoms with Gasteiger partial charge in [0.05, 0.1) is 21.5 Å². The molecule has 0 aromatic heterocycles. The number of hydrogen-bond donors (Lipinski definition) is 1. The summed E-state index contributed by atoms with van der Waals surface area (Å²) in [5, 5.41) is 10.5. The molecule has 7 heteroatoms. The highest BCUT2D eigenvalue weighted by molar-refractivity contribution is 7.84. The van der Waals surface area contributed by atoms with Gasteiger partial charge in [0.15, 0.2) is 0 Å². The summed E-state index contributed by atoms with van der Waals surface area (Å²) in [7, 11) is -1.46. The molecule has 2 N–H and O–H groups in total. The van der Waals surface area contributed by atoms with Crippen molar-refractivity contribution in [1.29, 1.82) is 0 Å². The molecule has 1 unspecified atom stereocenters. The van der Waals surface area contributed by atoms with Crippen molar-refractivity contribution in [2.75, 3.05) is 5.73 Å². The molecule has 1 atom stereocenters. The molecule has 0 aliphatic carbocycles. The SMILES string of the molecule is Nc1cc(F)cc(S(=O)Cc2ccc([N+](=O)[O-])cc2)c1. The first-order chi connectivity index (χ1) is 9.45. The second-order valence-corrected chi connectivity index (χ2v) is 5.58. The number of nitro benzene ring substituents is 1. The lowest BCUT2D eigenvalue weighted by Crippen LogP contribution is -1.99. The molecule has 104 valence electrons. The molecule has 2 aromatic carbocycles. The highest BCUT2D eigenvalue weighted by Crippen LogP contribution is 2.19. The molecule has 0 spiro atoms. The van der Waals surface area contributed by atoms with Gasteiger partial charge in [0, 0.05) is 22.7 Å². The Morgan fingerprint density at radius 1 is 1.20 bits per heavy atom. The smallest absolute Gasteiger partial charge is 0.269 e. The molecule has 0 saturated heterocycles. The zero-order valence-electron chi connectivity index (χ0n) is 10.3. The van der Waals surface area contributed by atoms with Crippen molar-refractivity contribution in [2.45, 2.75) is 10.6 Å². The monoisotopic (exact) mass is 294 g/mol. The number of nitrogens with two attached hydrogens (primary N) is 1. The van der Waals surface area contributed by atoms with Crippen molar-refractivity contribution in [2.24, 2.45) is 0 Å². The van der Waals surface area contributed by atoms with E-state index in [1.54, 1.807) is 0 Å². The number of benzene rings is 2. The van der Waals surface area contributed by atoms with Crippen LogP contribution < -0.4 is 5.73 Å². The molecule has 0 radical (unpaired) electrons. The predicted octanol–water partition coefficient (Wildman–Crippen LogP) is 2.62. The van der Waals surface area contributed by atoms with E-state index in [9.17, 15) is 18.7 Å². The van der Waals surface area contributed by atoms with Crippen molar-refractivity contribution in [3.8, 4) is 0 Å². The minimum Gasteiger partial charge on any atom is -0.399 e. The zero-order valence-corrected chi connectivity index (χ0v) is 11.1. The van der Waals surface area contributed by atoms with Crippen LogP contribution in [0.15, 0.2) is 47.4 Å². The first kappa shape index (κ1) is 14.1. The highest BCUT2D eigenvalue weighted by atomic mass is 32.2. The molecule has 0 amide bonds. The van der Waals surface area contributed by atoms with Gasteiger partial charge in [-0.1, -0.05) is 12.1 Å². The Balaban J connectivity index is 2.16. The van der Waals surface area contributed by atoms with E-state index in [-0.39, 0.29) is 17.1 Å². The number of nitro groups is 1. The molecular weight excluding hydrogens is 283 g/mol. The van der Waals surface area contributed by atoms with Crippen LogP contribution in [0.4, 0.5) is 15.8 Å². The van der Waals surface area contributed by atoms with Gasteiger partial charge in [-0.2, -0.15) is 0 Å². The van der Waals surface area contributed by atoms with Crippen LogP contribution >= 0.6 is 0 Å². The zero-order chi connectivity index (χ0) is 14.7. The number of rotatable bonds is 4. The standard InChI is InChI=1S/C13H11FN2O3S/c14-10-5-11(15)7-13(6-10)20(19)8-9-1-3-12(4-2-9)16(17)18/h1-7H,8,15H2. The molecule has 0 aliphatic rings. The predicted molar refractivity (Wildman–Crippen MR) is 74.0 cm³/mol. The quantitative estimate of drug-likeness (QED) is 0.533. The van der Waals surface area contributed by atoms with E-state index in [1.165, 1.54) is 30.3 Å². The Morgan fingerprint density at radius 3 is 2.40 bits per heavy atom. The summed E-state index contributed by atoms with van der Waals surface area (Å²) < 4.78 is 25.3. The molecule has 0 saturated carbocycles. The van der Waals surface area contributed by atoms with Crippen LogP contribution in [0.25, 0.3) is 0 Å². The fraction of sp³-hybridized carbons (Fsp3) is 0.0769. The Hall–Kier alpha value is -2.28.